The Labute approximate surface area is 141 Å². The summed E-state index contributed by atoms with van der Waals surface area (Å²) >= 11 is 0. The molecule has 2 aromatic carbocycles. The predicted octanol–water partition coefficient (Wildman–Crippen LogP) is 3.73. The van der Waals surface area contributed by atoms with Gasteiger partial charge in [-0.3, -0.25) is 10.1 Å². The lowest BCUT2D eigenvalue weighted by Gasteiger charge is -2.28. The molecule has 0 radical (unpaired) electrons. The van der Waals surface area contributed by atoms with Crippen molar-refractivity contribution in [1.29, 1.82) is 0 Å². The molecule has 0 saturated heterocycles. The third-order valence-electron chi connectivity index (χ3n) is 4.04. The van der Waals surface area contributed by atoms with Crippen molar-refractivity contribution in [2.75, 3.05) is 16.8 Å². The maximum Gasteiger partial charge on any atom is 0.411 e. The van der Waals surface area contributed by atoms with E-state index in [0.29, 0.717) is 5.69 Å². The Morgan fingerprint density at radius 3 is 2.71 bits per heavy atom. The van der Waals surface area contributed by atoms with Gasteiger partial charge in [0.1, 0.15) is 6.61 Å². The van der Waals surface area contributed by atoms with E-state index in [9.17, 15) is 9.59 Å². The lowest BCUT2D eigenvalue weighted by Crippen LogP contribution is -2.33. The summed E-state index contributed by atoms with van der Waals surface area (Å²) in [5, 5.41) is 2.74. The molecule has 3 rings (SSSR count). The summed E-state index contributed by atoms with van der Waals surface area (Å²) in [4.78, 5) is 25.4. The molecule has 124 valence electrons. The van der Waals surface area contributed by atoms with E-state index < -0.39 is 6.09 Å². The van der Waals surface area contributed by atoms with Gasteiger partial charge in [0.05, 0.1) is 0 Å². The lowest BCUT2D eigenvalue weighted by molar-refractivity contribution is -0.116. The number of hydrogen-bond acceptors (Lipinski definition) is 3. The van der Waals surface area contributed by atoms with E-state index in [0.717, 1.165) is 36.2 Å². The van der Waals surface area contributed by atoms with E-state index in [2.05, 4.69) is 5.32 Å². The number of anilines is 2. The summed E-state index contributed by atoms with van der Waals surface area (Å²) < 4.78 is 5.22. The maximum atomic E-state index is 11.9. The first-order valence-electron chi connectivity index (χ1n) is 8.02. The fourth-order valence-corrected chi connectivity index (χ4v) is 2.88. The van der Waals surface area contributed by atoms with Crippen LogP contribution in [0.1, 0.15) is 24.5 Å². The van der Waals surface area contributed by atoms with Gasteiger partial charge < -0.3 is 9.64 Å². The molecule has 1 N–H and O–H groups in total. The van der Waals surface area contributed by atoms with Crippen LogP contribution >= 0.6 is 0 Å². The molecule has 24 heavy (non-hydrogen) atoms. The third-order valence-corrected chi connectivity index (χ3v) is 4.04. The van der Waals surface area contributed by atoms with Crippen molar-refractivity contribution in [3.05, 3.63) is 59.7 Å². The summed E-state index contributed by atoms with van der Waals surface area (Å²) in [7, 11) is 0. The number of carbonyl (C=O) groups excluding carboxylic acids is 2. The molecule has 0 spiro atoms. The van der Waals surface area contributed by atoms with E-state index in [1.54, 1.807) is 17.9 Å². The molecule has 0 unspecified atom stereocenters. The molecule has 1 heterocycles. The number of nitrogens with one attached hydrogen (secondary N) is 1. The molecule has 0 bridgehead atoms. The second kappa shape index (κ2) is 7.17. The first-order chi connectivity index (χ1) is 11.6. The van der Waals surface area contributed by atoms with Crippen molar-refractivity contribution < 1.29 is 14.3 Å². The summed E-state index contributed by atoms with van der Waals surface area (Å²) in [6, 6.07) is 15.1. The molecule has 2 amide bonds. The van der Waals surface area contributed by atoms with Gasteiger partial charge in [0.2, 0.25) is 5.91 Å². The number of hydrogen-bond donors (Lipinski definition) is 1. The number of benzene rings is 2. The Morgan fingerprint density at radius 2 is 1.96 bits per heavy atom. The zero-order chi connectivity index (χ0) is 16.9. The minimum absolute atomic E-state index is 0.0407. The summed E-state index contributed by atoms with van der Waals surface area (Å²) in [6.45, 7) is 2.55. The van der Waals surface area contributed by atoms with Gasteiger partial charge in [-0.05, 0) is 42.2 Å². The number of carbonyl (C=O) groups is 2. The number of amides is 2. The highest BCUT2D eigenvalue weighted by atomic mass is 16.5. The van der Waals surface area contributed by atoms with Crippen molar-refractivity contribution in [3.63, 3.8) is 0 Å². The molecule has 0 fully saturated rings. The highest BCUT2D eigenvalue weighted by Gasteiger charge is 2.20. The van der Waals surface area contributed by atoms with Crippen molar-refractivity contribution in [2.45, 2.75) is 26.4 Å². The van der Waals surface area contributed by atoms with Crippen LogP contribution in [-0.2, 0) is 22.6 Å². The number of fused-ring (bicyclic) bond motifs is 1. The van der Waals surface area contributed by atoms with Crippen molar-refractivity contribution >= 4 is 23.4 Å². The Kier molecular flexibility index (Phi) is 4.79. The monoisotopic (exact) mass is 324 g/mol. The highest BCUT2D eigenvalue weighted by molar-refractivity contribution is 5.93. The van der Waals surface area contributed by atoms with Crippen LogP contribution in [0.15, 0.2) is 48.5 Å². The second-order valence-electron chi connectivity index (χ2n) is 5.80. The second-order valence-corrected chi connectivity index (χ2v) is 5.80. The fourth-order valence-electron chi connectivity index (χ4n) is 2.88. The molecule has 0 aliphatic carbocycles. The first-order valence-corrected chi connectivity index (χ1v) is 8.02. The number of nitrogens with zero attached hydrogens (tertiary/aromatic N) is 1. The zero-order valence-electron chi connectivity index (χ0n) is 13.6. The van der Waals surface area contributed by atoms with Crippen LogP contribution in [0.3, 0.4) is 0 Å². The third kappa shape index (κ3) is 3.74. The van der Waals surface area contributed by atoms with Gasteiger partial charge >= 0.3 is 6.09 Å². The van der Waals surface area contributed by atoms with Gasteiger partial charge in [-0.25, -0.2) is 4.79 Å². The van der Waals surface area contributed by atoms with Crippen LogP contribution in [0.4, 0.5) is 16.2 Å². The molecular formula is C19H20N2O3. The molecule has 0 saturated carbocycles. The van der Waals surface area contributed by atoms with Crippen LogP contribution in [0.5, 0.6) is 0 Å². The van der Waals surface area contributed by atoms with Gasteiger partial charge in [-0.2, -0.15) is 0 Å². The SMILES string of the molecule is CC(=O)N1CCCc2cc(NC(=O)OCc3ccccc3)ccc21. The van der Waals surface area contributed by atoms with Crippen LogP contribution in [0, 0.1) is 0 Å². The molecule has 1 aliphatic rings. The largest absolute Gasteiger partial charge is 0.444 e. The quantitative estimate of drug-likeness (QED) is 0.936. The van der Waals surface area contributed by atoms with Gasteiger partial charge in [0.25, 0.3) is 0 Å². The molecule has 0 atom stereocenters. The Balaban J connectivity index is 1.63. The van der Waals surface area contributed by atoms with Crippen LogP contribution < -0.4 is 10.2 Å². The molecular weight excluding hydrogens is 304 g/mol. The Hall–Kier alpha value is -2.82. The summed E-state index contributed by atoms with van der Waals surface area (Å²) in [5.74, 6) is 0.0407. The van der Waals surface area contributed by atoms with Gasteiger partial charge in [0.15, 0.2) is 0 Å². The van der Waals surface area contributed by atoms with Gasteiger partial charge in [-0.15, -0.1) is 0 Å². The summed E-state index contributed by atoms with van der Waals surface area (Å²) in [5.41, 5.74) is 3.61. The van der Waals surface area contributed by atoms with Crippen molar-refractivity contribution in [1.82, 2.24) is 0 Å². The molecule has 5 heteroatoms. The summed E-state index contributed by atoms with van der Waals surface area (Å²) in [6.07, 6.45) is 1.33. The van der Waals surface area contributed by atoms with E-state index >= 15 is 0 Å². The van der Waals surface area contributed by atoms with E-state index in [1.165, 1.54) is 0 Å². The zero-order valence-corrected chi connectivity index (χ0v) is 13.6. The smallest absolute Gasteiger partial charge is 0.411 e. The first kappa shape index (κ1) is 16.1. The minimum atomic E-state index is -0.488. The number of rotatable bonds is 3. The average molecular weight is 324 g/mol. The van der Waals surface area contributed by atoms with E-state index in [1.807, 2.05) is 42.5 Å². The Bertz CT molecular complexity index is 744. The Morgan fingerprint density at radius 1 is 1.17 bits per heavy atom. The molecule has 0 aromatic heterocycles. The molecule has 2 aromatic rings. The van der Waals surface area contributed by atoms with Crippen LogP contribution in [0.25, 0.3) is 0 Å². The van der Waals surface area contributed by atoms with Gasteiger partial charge in [-0.1, -0.05) is 30.3 Å². The normalized spacial score (nSPS) is 13.1. The average Bonchev–Trinajstić information content (AvgIpc) is 2.60. The number of ether oxygens (including phenoxy) is 1. The van der Waals surface area contributed by atoms with Crippen LogP contribution in [-0.4, -0.2) is 18.5 Å². The topological polar surface area (TPSA) is 58.6 Å². The van der Waals surface area contributed by atoms with Crippen molar-refractivity contribution in [3.8, 4) is 0 Å². The molecule has 5 nitrogen and oxygen atoms in total. The lowest BCUT2D eigenvalue weighted by atomic mass is 10.0. The fraction of sp³-hybridized carbons (Fsp3) is 0.263. The van der Waals surface area contributed by atoms with Crippen LogP contribution in [0.2, 0.25) is 0 Å². The maximum absolute atomic E-state index is 11.9. The molecule has 1 aliphatic heterocycles. The minimum Gasteiger partial charge on any atom is -0.444 e. The standard InChI is InChI=1S/C19H20N2O3/c1-14(22)21-11-5-8-16-12-17(9-10-18(16)21)20-19(23)24-13-15-6-3-2-4-7-15/h2-4,6-7,9-10,12H,5,8,11,13H2,1H3,(H,20,23). The predicted molar refractivity (Wildman–Crippen MR) is 93.0 cm³/mol. The van der Waals surface area contributed by atoms with E-state index in [-0.39, 0.29) is 12.5 Å². The van der Waals surface area contributed by atoms with E-state index in [4.69, 9.17) is 4.74 Å². The number of aryl methyl sites for hydroxylation is 1. The van der Waals surface area contributed by atoms with Gasteiger partial charge in [0, 0.05) is 24.8 Å². The highest BCUT2D eigenvalue weighted by Crippen LogP contribution is 2.29. The van der Waals surface area contributed by atoms with Crippen molar-refractivity contribution in [2.24, 2.45) is 0 Å².